The summed E-state index contributed by atoms with van der Waals surface area (Å²) in [5, 5.41) is 11.5. The van der Waals surface area contributed by atoms with E-state index in [-0.39, 0.29) is 35.9 Å². The summed E-state index contributed by atoms with van der Waals surface area (Å²) in [6.45, 7) is 14.9. The van der Waals surface area contributed by atoms with Crippen molar-refractivity contribution in [1.82, 2.24) is 9.55 Å². The van der Waals surface area contributed by atoms with Crippen molar-refractivity contribution >= 4 is 28.4 Å². The van der Waals surface area contributed by atoms with Crippen molar-refractivity contribution in [2.75, 3.05) is 18.6 Å². The van der Waals surface area contributed by atoms with Gasteiger partial charge in [-0.3, -0.25) is 9.36 Å². The molecule has 39 heavy (non-hydrogen) atoms. The largest absolute Gasteiger partial charge is 0.408 e. The summed E-state index contributed by atoms with van der Waals surface area (Å²) in [5.74, 6) is -0.224. The quantitative estimate of drug-likeness (QED) is 0.213. The molecule has 3 rings (SSSR count). The number of ether oxygens (including phenoxy) is 1. The van der Waals surface area contributed by atoms with Crippen LogP contribution in [0.4, 0.5) is 5.82 Å². The van der Waals surface area contributed by atoms with Gasteiger partial charge >= 0.3 is 5.69 Å². The summed E-state index contributed by atoms with van der Waals surface area (Å²) >= 11 is 0. The lowest BCUT2D eigenvalue weighted by molar-refractivity contribution is -0.0349. The second-order valence-electron chi connectivity index (χ2n) is 10.9. The molecule has 1 saturated heterocycles. The fourth-order valence-electron chi connectivity index (χ4n) is 3.91. The van der Waals surface area contributed by atoms with E-state index in [0.717, 1.165) is 0 Å². The summed E-state index contributed by atoms with van der Waals surface area (Å²) in [6.07, 6.45) is 0.240. The van der Waals surface area contributed by atoms with Crippen molar-refractivity contribution in [3.63, 3.8) is 0 Å². The number of aromatic nitrogens is 2. The molecule has 0 spiro atoms. The molecule has 1 aromatic carbocycles. The Bertz CT molecular complexity index is 1210. The van der Waals surface area contributed by atoms with Gasteiger partial charge in [-0.2, -0.15) is 10.2 Å². The molecule has 2 aromatic rings. The molecule has 212 valence electrons. The molecule has 0 radical (unpaired) electrons. The maximum absolute atomic E-state index is 13.2. The van der Waals surface area contributed by atoms with Crippen molar-refractivity contribution in [2.45, 2.75) is 83.2 Å². The molecule has 1 fully saturated rings. The monoisotopic (exact) mass is 574 g/mol. The average molecular weight is 575 g/mol. The zero-order chi connectivity index (χ0) is 28.8. The minimum atomic E-state index is -2.24. The molecule has 1 aromatic heterocycles. The predicted molar refractivity (Wildman–Crippen MR) is 153 cm³/mol. The van der Waals surface area contributed by atoms with Gasteiger partial charge in [0.25, 0.3) is 5.91 Å². The number of hydrogen-bond donors (Lipinski definition) is 1. The van der Waals surface area contributed by atoms with Gasteiger partial charge in [0.15, 0.2) is 22.9 Å². The third kappa shape index (κ3) is 7.81. The summed E-state index contributed by atoms with van der Waals surface area (Å²) in [4.78, 5) is 29.8. The van der Waals surface area contributed by atoms with Crippen molar-refractivity contribution in [1.29, 1.82) is 5.26 Å². The Morgan fingerprint density at radius 2 is 1.92 bits per heavy atom. The predicted octanol–water partition coefficient (Wildman–Crippen LogP) is 5.45. The number of carbonyl (C=O) groups excluding carboxylic acids is 1. The number of nitrogens with one attached hydrogen (secondary N) is 1. The third-order valence-electron chi connectivity index (χ3n) is 7.06. The smallest absolute Gasteiger partial charge is 0.351 e. The van der Waals surface area contributed by atoms with Crippen LogP contribution in [0.3, 0.4) is 0 Å². The van der Waals surface area contributed by atoms with Crippen LogP contribution in [0.25, 0.3) is 0 Å². The van der Waals surface area contributed by atoms with Crippen LogP contribution < -0.4 is 11.0 Å². The molecule has 2 heterocycles. The SMILES string of the molecule is CC[C@H]1O[C@@H](n2ccc(NC(=O)c3ccccc3)nc2=O)[C@@H](OP(C)OCCC#N)C1O[Si](C)(C)C(C)(C)C. The molecule has 12 heteroatoms. The third-order valence-corrected chi connectivity index (χ3v) is 12.6. The Kier molecular flexibility index (Phi) is 10.6. The molecule has 5 atom stereocenters. The minimum Gasteiger partial charge on any atom is -0.408 e. The van der Waals surface area contributed by atoms with Crippen LogP contribution >= 0.6 is 8.38 Å². The topological polar surface area (TPSA) is 125 Å². The number of nitrogens with zero attached hydrogens (tertiary/aromatic N) is 3. The molecule has 1 aliphatic heterocycles. The van der Waals surface area contributed by atoms with Crippen molar-refractivity contribution < 1.29 is 23.0 Å². The average Bonchev–Trinajstić information content (AvgIpc) is 3.20. The van der Waals surface area contributed by atoms with Crippen molar-refractivity contribution in [2.24, 2.45) is 0 Å². The highest BCUT2D eigenvalue weighted by Gasteiger charge is 2.51. The number of anilines is 1. The van der Waals surface area contributed by atoms with Crippen LogP contribution in [0.5, 0.6) is 0 Å². The van der Waals surface area contributed by atoms with E-state index in [9.17, 15) is 9.59 Å². The molecule has 0 bridgehead atoms. The fraction of sp³-hybridized carbons (Fsp3) is 0.556. The van der Waals surface area contributed by atoms with Gasteiger partial charge in [-0.15, -0.1) is 0 Å². The lowest BCUT2D eigenvalue weighted by Crippen LogP contribution is -2.49. The molecule has 0 aliphatic carbocycles. The number of amides is 1. The van der Waals surface area contributed by atoms with E-state index < -0.39 is 40.8 Å². The van der Waals surface area contributed by atoms with Gasteiger partial charge in [-0.05, 0) is 42.8 Å². The van der Waals surface area contributed by atoms with Crippen molar-refractivity contribution in [3.8, 4) is 6.07 Å². The van der Waals surface area contributed by atoms with Gasteiger partial charge in [-0.1, -0.05) is 45.9 Å². The van der Waals surface area contributed by atoms with Crippen molar-refractivity contribution in [3.05, 3.63) is 58.6 Å². The van der Waals surface area contributed by atoms with E-state index in [4.69, 9.17) is 23.5 Å². The Hall–Kier alpha value is -2.45. The second kappa shape index (κ2) is 13.3. The molecular weight excluding hydrogens is 535 g/mol. The van der Waals surface area contributed by atoms with Gasteiger partial charge in [0, 0.05) is 18.4 Å². The Morgan fingerprint density at radius 3 is 2.51 bits per heavy atom. The lowest BCUT2D eigenvalue weighted by Gasteiger charge is -2.40. The lowest BCUT2D eigenvalue weighted by atomic mass is 10.1. The zero-order valence-electron chi connectivity index (χ0n) is 23.7. The first-order valence-electron chi connectivity index (χ1n) is 13.1. The highest BCUT2D eigenvalue weighted by molar-refractivity contribution is 7.46. The van der Waals surface area contributed by atoms with Crippen LogP contribution in [-0.2, 0) is 18.2 Å². The van der Waals surface area contributed by atoms with E-state index in [2.05, 4.69) is 50.2 Å². The van der Waals surface area contributed by atoms with E-state index in [1.54, 1.807) is 36.5 Å². The number of carbonyl (C=O) groups is 1. The standard InChI is InChI=1S/C27H39N4O6PSi/c1-8-20-22(37-39(6,7)27(2,3)4)23(36-38(5)34-18-12-16-28)25(35-20)31-17-15-21(30-26(31)33)29-24(32)19-13-10-9-11-14-19/h9-11,13-15,17,20,22-23,25H,8,12,18H2,1-7H3,(H,29,30,32,33)/t20-,22?,23+,25-,38?/m1/s1. The van der Waals surface area contributed by atoms with E-state index in [1.165, 1.54) is 4.57 Å². The Morgan fingerprint density at radius 1 is 1.23 bits per heavy atom. The zero-order valence-corrected chi connectivity index (χ0v) is 25.6. The second-order valence-corrected chi connectivity index (χ2v) is 17.0. The van der Waals surface area contributed by atoms with E-state index >= 15 is 0 Å². The maximum atomic E-state index is 13.2. The van der Waals surface area contributed by atoms with E-state index in [1.807, 2.05) is 19.7 Å². The highest BCUT2D eigenvalue weighted by atomic mass is 31.2. The van der Waals surface area contributed by atoms with Gasteiger partial charge in [0.1, 0.15) is 18.0 Å². The summed E-state index contributed by atoms with van der Waals surface area (Å²) in [6, 6.07) is 12.3. The molecule has 2 unspecified atom stereocenters. The summed E-state index contributed by atoms with van der Waals surface area (Å²) < 4.78 is 26.7. The maximum Gasteiger partial charge on any atom is 0.351 e. The number of benzene rings is 1. The normalized spacial score (nSPS) is 22.3. The minimum absolute atomic E-state index is 0.0504. The van der Waals surface area contributed by atoms with Gasteiger partial charge in [-0.25, -0.2) is 4.79 Å². The Balaban J connectivity index is 1.90. The molecule has 1 N–H and O–H groups in total. The Labute approximate surface area is 232 Å². The summed E-state index contributed by atoms with van der Waals surface area (Å²) in [7, 11) is -3.63. The first kappa shape index (κ1) is 31.1. The van der Waals surface area contributed by atoms with Crippen LogP contribution in [0.15, 0.2) is 47.4 Å². The van der Waals surface area contributed by atoms with Crippen LogP contribution in [0.1, 0.15) is 57.1 Å². The van der Waals surface area contributed by atoms with Gasteiger partial charge < -0.3 is 23.5 Å². The van der Waals surface area contributed by atoms with E-state index in [0.29, 0.717) is 12.0 Å². The number of rotatable bonds is 11. The molecule has 10 nitrogen and oxygen atoms in total. The van der Waals surface area contributed by atoms with Gasteiger partial charge in [0.2, 0.25) is 0 Å². The van der Waals surface area contributed by atoms with Crippen LogP contribution in [0, 0.1) is 11.3 Å². The molecule has 1 amide bonds. The highest BCUT2D eigenvalue weighted by Crippen LogP contribution is 2.47. The van der Waals surface area contributed by atoms with Crippen LogP contribution in [0.2, 0.25) is 18.1 Å². The fourth-order valence-corrected chi connectivity index (χ4v) is 6.20. The number of hydrogen-bond acceptors (Lipinski definition) is 8. The molecular formula is C27H39N4O6PSi. The van der Waals surface area contributed by atoms with Crippen LogP contribution in [-0.4, -0.2) is 55.4 Å². The number of nitriles is 1. The first-order valence-corrected chi connectivity index (χ1v) is 17.6. The summed E-state index contributed by atoms with van der Waals surface area (Å²) in [5.41, 5.74) is -0.131. The molecule has 1 aliphatic rings. The molecule has 0 saturated carbocycles. The first-order chi connectivity index (χ1) is 18.4. The van der Waals surface area contributed by atoms with Gasteiger partial charge in [0.05, 0.1) is 25.2 Å².